The number of halogens is 8. The number of thiocarbonyl (C=S) groups is 2. The Kier molecular flexibility index (Phi) is 65.7. The molecule has 0 bridgehead atoms. The Balaban J connectivity index is -0.000000440. The second-order valence-corrected chi connectivity index (χ2v) is 22.8. The van der Waals surface area contributed by atoms with Gasteiger partial charge < -0.3 is 66.7 Å². The Labute approximate surface area is 534 Å². The SMILES string of the molecule is CB(O)Nc1ccc(CCBr)cc1.CB(O)Nc1ccc(CCN(C)CCCO)cc1.CN(CCCO)CCc1ccc(N)cc1.CN(CCCO)CCc1ccc(N=C=S)cc1.CNCCCO.ClC(Cl)Cl.ClCCl.S=C(Cl)Cl. The van der Waals surface area contributed by atoms with Crippen molar-refractivity contribution in [2.45, 2.75) is 69.3 Å². The van der Waals surface area contributed by atoms with Crippen molar-refractivity contribution in [3.05, 3.63) is 119 Å². The van der Waals surface area contributed by atoms with Gasteiger partial charge >= 0.3 is 14.1 Å². The highest BCUT2D eigenvalue weighted by Crippen LogP contribution is 2.14. The second kappa shape index (κ2) is 62.0. The van der Waals surface area contributed by atoms with Crippen molar-refractivity contribution in [1.29, 1.82) is 0 Å². The highest BCUT2D eigenvalue weighted by atomic mass is 79.9. The molecule has 0 saturated heterocycles. The van der Waals surface area contributed by atoms with E-state index in [-0.39, 0.29) is 28.9 Å². The van der Waals surface area contributed by atoms with Gasteiger partial charge in [-0.2, -0.15) is 4.99 Å². The zero-order valence-corrected chi connectivity index (χ0v) is 55.7. The molecule has 0 aliphatic carbocycles. The summed E-state index contributed by atoms with van der Waals surface area (Å²) in [5, 5.41) is 64.9. The van der Waals surface area contributed by atoms with Gasteiger partial charge in [0.05, 0.1) is 16.2 Å². The summed E-state index contributed by atoms with van der Waals surface area (Å²) < 4.78 is -0.806. The number of alkyl halides is 6. The predicted octanol–water partition coefficient (Wildman–Crippen LogP) is 11.4. The Hall–Kier alpha value is -1.59. The molecule has 80 heavy (non-hydrogen) atoms. The molecule has 26 heteroatoms. The Bertz CT molecular complexity index is 2020. The van der Waals surface area contributed by atoms with E-state index < -0.39 is 18.4 Å². The van der Waals surface area contributed by atoms with Crippen LogP contribution in [0.5, 0.6) is 0 Å². The Morgan fingerprint density at radius 1 is 0.600 bits per heavy atom. The first-order valence-corrected chi connectivity index (χ1v) is 30.9. The lowest BCUT2D eigenvalue weighted by molar-refractivity contribution is 0.248. The fourth-order valence-corrected chi connectivity index (χ4v) is 6.74. The number of rotatable bonds is 28. The summed E-state index contributed by atoms with van der Waals surface area (Å²) in [5.74, 6) is 0. The molecular formula is C54H88B2BrCl7N8O6S2. The summed E-state index contributed by atoms with van der Waals surface area (Å²) in [4.78, 5) is 10.6. The highest BCUT2D eigenvalue weighted by Gasteiger charge is 2.05. The van der Waals surface area contributed by atoms with E-state index in [0.717, 1.165) is 125 Å². The predicted molar refractivity (Wildman–Crippen MR) is 364 cm³/mol. The number of aryl methyl sites for hydroxylation is 1. The zero-order valence-electron chi connectivity index (χ0n) is 47.2. The minimum atomic E-state index is -0.750. The van der Waals surface area contributed by atoms with Gasteiger partial charge in [-0.05, 0) is 183 Å². The maximum Gasteiger partial charge on any atom is 0.406 e. The van der Waals surface area contributed by atoms with Crippen molar-refractivity contribution in [3.63, 3.8) is 0 Å². The normalized spacial score (nSPS) is 9.90. The number of benzene rings is 4. The molecule has 0 spiro atoms. The van der Waals surface area contributed by atoms with Crippen molar-refractivity contribution in [2.24, 2.45) is 4.99 Å². The molecule has 454 valence electrons. The first-order valence-electron chi connectivity index (χ1n) is 25.8. The lowest BCUT2D eigenvalue weighted by atomic mass is 9.88. The van der Waals surface area contributed by atoms with Crippen molar-refractivity contribution in [1.82, 2.24) is 20.0 Å². The third kappa shape index (κ3) is 64.0. The van der Waals surface area contributed by atoms with Crippen LogP contribution in [0.4, 0.5) is 22.7 Å². The molecule has 11 N–H and O–H groups in total. The minimum Gasteiger partial charge on any atom is -0.433 e. The fourth-order valence-electron chi connectivity index (χ4n) is 6.17. The lowest BCUT2D eigenvalue weighted by Crippen LogP contribution is -2.23. The number of hydrogen-bond acceptors (Lipinski definition) is 16. The first kappa shape index (κ1) is 84.9. The lowest BCUT2D eigenvalue weighted by Gasteiger charge is -2.15. The van der Waals surface area contributed by atoms with Gasteiger partial charge in [-0.1, -0.05) is 135 Å². The fraction of sp³-hybridized carbons (Fsp3) is 0.519. The van der Waals surface area contributed by atoms with Crippen LogP contribution in [0.15, 0.2) is 102 Å². The van der Waals surface area contributed by atoms with Gasteiger partial charge in [0.25, 0.3) is 0 Å². The number of nitrogens with zero attached hydrogens (tertiary/aromatic N) is 4. The van der Waals surface area contributed by atoms with Crippen LogP contribution < -0.4 is 21.5 Å². The molecule has 0 heterocycles. The van der Waals surface area contributed by atoms with E-state index in [1.165, 1.54) is 22.3 Å². The molecule has 14 nitrogen and oxygen atoms in total. The molecule has 0 aliphatic rings. The minimum absolute atomic E-state index is 0.0556. The standard InChI is InChI=1S/C13H23BN2O2.C13H18N2OS.C12H20N2O.C9H13BBrNO.C4H11NO.CHCl3.CCl2S.CH2Cl2/c1-14(18)15-13-6-4-12(5-7-13)8-10-16(2)9-3-11-17;1-15(8-2-10-16)9-7-12-3-5-13(6-4-12)14-11-17;1-14(8-2-10-15)9-7-11-3-5-12(13)6-4-11;1-10(13)12-9-4-2-8(3-5-9)6-7-11;1-5-3-2-4-6;2*2-1(3)4;2-1-3/h4-7,15,17-18H,3,8-11H2,1-2H3;3-6,16H,2,7-10H2,1H3;3-6,15H,2,7-10,13H2,1H3;2-5,12-13H,6-7H2,1H3;5-6H,2-4H2,1H3;1H;;1H2. The van der Waals surface area contributed by atoms with Gasteiger partial charge in [0, 0.05) is 88.1 Å². The maximum absolute atomic E-state index is 9.20. The number of nitrogens with two attached hydrogens (primary N) is 1. The van der Waals surface area contributed by atoms with Crippen LogP contribution in [-0.4, -0.2) is 184 Å². The average Bonchev–Trinajstić information content (AvgIpc) is 3.41. The smallest absolute Gasteiger partial charge is 0.406 e. The van der Waals surface area contributed by atoms with Crippen LogP contribution in [0, 0.1) is 0 Å². The van der Waals surface area contributed by atoms with E-state index in [9.17, 15) is 5.02 Å². The van der Waals surface area contributed by atoms with Crippen LogP contribution in [0.3, 0.4) is 0 Å². The molecule has 4 rings (SSSR count). The zero-order chi connectivity index (χ0) is 61.4. The van der Waals surface area contributed by atoms with Gasteiger partial charge in [-0.25, -0.2) is 0 Å². The van der Waals surface area contributed by atoms with Crippen molar-refractivity contribution in [3.8, 4) is 0 Å². The molecule has 0 aromatic heterocycles. The largest absolute Gasteiger partial charge is 0.433 e. The number of likely N-dealkylation sites (N-methyl/N-ethyl adjacent to an activating group) is 3. The van der Waals surface area contributed by atoms with E-state index in [1.807, 2.05) is 55.6 Å². The molecule has 0 unspecified atom stereocenters. The maximum atomic E-state index is 9.20. The molecule has 0 radical (unpaired) electrons. The molecule has 0 atom stereocenters. The highest BCUT2D eigenvalue weighted by molar-refractivity contribution is 9.09. The van der Waals surface area contributed by atoms with E-state index in [0.29, 0.717) is 6.61 Å². The third-order valence-corrected chi connectivity index (χ3v) is 10.6. The van der Waals surface area contributed by atoms with Crippen LogP contribution in [0.1, 0.15) is 47.9 Å². The van der Waals surface area contributed by atoms with Crippen molar-refractivity contribution in [2.75, 3.05) is 127 Å². The number of isothiocyanates is 1. The van der Waals surface area contributed by atoms with Gasteiger partial charge in [0.1, 0.15) is 0 Å². The first-order chi connectivity index (χ1) is 38.1. The van der Waals surface area contributed by atoms with Gasteiger partial charge in [0.15, 0.2) is 8.08 Å². The number of aliphatic imine (C=N–C) groups is 1. The van der Waals surface area contributed by atoms with E-state index in [2.05, 4.69) is 151 Å². The van der Waals surface area contributed by atoms with Gasteiger partial charge in [-0.3, -0.25) is 0 Å². The average molecular weight is 1360 g/mol. The number of anilines is 3. The molecule has 0 fully saturated rings. The number of aliphatic hydroxyl groups is 4. The summed E-state index contributed by atoms with van der Waals surface area (Å²) in [6.45, 7) is 11.2. The summed E-state index contributed by atoms with van der Waals surface area (Å²) in [6, 6.07) is 32.2. The summed E-state index contributed by atoms with van der Waals surface area (Å²) in [6.07, 6.45) is 7.43. The van der Waals surface area contributed by atoms with Crippen molar-refractivity contribution >= 4 is 167 Å². The van der Waals surface area contributed by atoms with E-state index in [1.54, 1.807) is 13.6 Å². The third-order valence-electron chi connectivity index (χ3n) is 10.2. The van der Waals surface area contributed by atoms with Crippen LogP contribution in [0.25, 0.3) is 0 Å². The van der Waals surface area contributed by atoms with Crippen molar-refractivity contribution < 1.29 is 30.5 Å². The van der Waals surface area contributed by atoms with Gasteiger partial charge in [0.2, 0.25) is 0 Å². The topological polar surface area (TPSA) is 206 Å². The number of hydrogen-bond donors (Lipinski definition) is 10. The molecule has 0 aliphatic heterocycles. The molecule has 0 amide bonds. The summed E-state index contributed by atoms with van der Waals surface area (Å²) in [5.41, 5.74) is 14.3. The van der Waals surface area contributed by atoms with E-state index >= 15 is 0 Å². The molecule has 4 aromatic rings. The number of nitrogens with one attached hydrogen (secondary N) is 3. The monoisotopic (exact) mass is 1350 g/mol. The van der Waals surface area contributed by atoms with Gasteiger partial charge in [-0.15, -0.1) is 23.2 Å². The van der Waals surface area contributed by atoms with Crippen LogP contribution >= 0.6 is 122 Å². The molecule has 0 saturated carbocycles. The Morgan fingerprint density at radius 3 is 1.14 bits per heavy atom. The van der Waals surface area contributed by atoms with E-state index in [4.69, 9.17) is 112 Å². The quantitative estimate of drug-likeness (QED) is 0.00489. The second-order valence-electron chi connectivity index (χ2n) is 17.2. The molecule has 4 aromatic carbocycles. The Morgan fingerprint density at radius 2 is 0.887 bits per heavy atom. The summed E-state index contributed by atoms with van der Waals surface area (Å²) >= 11 is 45.5. The summed E-state index contributed by atoms with van der Waals surface area (Å²) in [7, 11) is 7.06. The number of nitrogen functional groups attached to an aromatic ring is 1. The van der Waals surface area contributed by atoms with Crippen LogP contribution in [-0.2, 0) is 25.7 Å². The number of aliphatic hydroxyl groups excluding tert-OH is 4. The van der Waals surface area contributed by atoms with Crippen LogP contribution in [0.2, 0.25) is 13.6 Å². The molecular weight excluding hydrogens is 1270 g/mol.